The number of thioether (sulfide) groups is 1. The molecule has 7 nitrogen and oxygen atoms in total. The second-order valence-electron chi connectivity index (χ2n) is 7.72. The first kappa shape index (κ1) is 23.0. The number of hydrogen-bond acceptors (Lipinski definition) is 6. The summed E-state index contributed by atoms with van der Waals surface area (Å²) in [5.74, 6) is 0.263. The predicted molar refractivity (Wildman–Crippen MR) is 122 cm³/mol. The molecule has 1 atom stereocenters. The third-order valence-electron chi connectivity index (χ3n) is 5.52. The Morgan fingerprint density at radius 2 is 1.76 bits per heavy atom. The lowest BCUT2D eigenvalue weighted by Crippen LogP contribution is -2.49. The summed E-state index contributed by atoms with van der Waals surface area (Å²) in [7, 11) is 1.80. The predicted octanol–water partition coefficient (Wildman–Crippen LogP) is 3.67. The molecule has 4 rings (SSSR count). The number of carbonyl (C=O) groups excluding carboxylic acids is 1. The number of piperazine rings is 1. The summed E-state index contributed by atoms with van der Waals surface area (Å²) < 4.78 is 34.4. The summed E-state index contributed by atoms with van der Waals surface area (Å²) in [6, 6.07) is 12.6. The van der Waals surface area contributed by atoms with Crippen LogP contribution in [0.1, 0.15) is 18.9 Å². The molecule has 1 saturated heterocycles. The van der Waals surface area contributed by atoms with E-state index in [4.69, 9.17) is 4.74 Å². The molecule has 3 aromatic rings. The fraction of sp³-hybridized carbons (Fsp3) is 0.348. The maximum Gasteiger partial charge on any atom is 0.233 e. The lowest BCUT2D eigenvalue weighted by molar-refractivity contribution is -0.128. The molecular formula is C23H25F2N5O2S. The van der Waals surface area contributed by atoms with Crippen molar-refractivity contribution in [3.05, 3.63) is 66.0 Å². The number of hydrogen-bond donors (Lipinski definition) is 0. The number of benzene rings is 2. The Labute approximate surface area is 195 Å². The van der Waals surface area contributed by atoms with Crippen molar-refractivity contribution in [1.29, 1.82) is 0 Å². The average molecular weight is 474 g/mol. The Hall–Kier alpha value is -3.14. The summed E-state index contributed by atoms with van der Waals surface area (Å²) >= 11 is 1.31. The molecule has 1 aliphatic heterocycles. The van der Waals surface area contributed by atoms with Crippen LogP contribution in [0.5, 0.6) is 5.75 Å². The van der Waals surface area contributed by atoms with Gasteiger partial charge >= 0.3 is 0 Å². The molecule has 2 aromatic carbocycles. The molecule has 2 heterocycles. The average Bonchev–Trinajstić information content (AvgIpc) is 3.20. The number of amides is 1. The first-order valence-corrected chi connectivity index (χ1v) is 11.6. The summed E-state index contributed by atoms with van der Waals surface area (Å²) in [5, 5.41) is 8.93. The van der Waals surface area contributed by atoms with Gasteiger partial charge in [0.15, 0.2) is 28.7 Å². The van der Waals surface area contributed by atoms with E-state index in [1.165, 1.54) is 30.0 Å². The Kier molecular flexibility index (Phi) is 7.12. The monoisotopic (exact) mass is 473 g/mol. The smallest absolute Gasteiger partial charge is 0.233 e. The molecule has 0 bridgehead atoms. The number of aromatic nitrogens is 3. The Balaban J connectivity index is 1.29. The molecule has 33 heavy (non-hydrogen) atoms. The van der Waals surface area contributed by atoms with E-state index >= 15 is 0 Å². The van der Waals surface area contributed by atoms with Crippen LogP contribution in [0.15, 0.2) is 53.7 Å². The van der Waals surface area contributed by atoms with E-state index in [-0.39, 0.29) is 23.2 Å². The van der Waals surface area contributed by atoms with Gasteiger partial charge < -0.3 is 19.1 Å². The maximum absolute atomic E-state index is 13.9. The fourth-order valence-electron chi connectivity index (χ4n) is 3.67. The van der Waals surface area contributed by atoms with Crippen molar-refractivity contribution >= 4 is 23.4 Å². The van der Waals surface area contributed by atoms with Crippen molar-refractivity contribution < 1.29 is 18.3 Å². The standard InChI is InChI=1S/C23H25F2N5O2S/c1-16(32-20-6-4-3-5-19(20)25)22-26-27-23(28(22)2)33-15-21(31)30-13-11-29(12-14-30)18-9-7-17(24)8-10-18/h3-10,16H,11-15H2,1-2H3. The van der Waals surface area contributed by atoms with Crippen molar-refractivity contribution in [3.63, 3.8) is 0 Å². The fourth-order valence-corrected chi connectivity index (χ4v) is 4.49. The van der Waals surface area contributed by atoms with Crippen molar-refractivity contribution in [3.8, 4) is 5.75 Å². The van der Waals surface area contributed by atoms with Crippen LogP contribution in [0.2, 0.25) is 0 Å². The van der Waals surface area contributed by atoms with Crippen LogP contribution in [-0.2, 0) is 11.8 Å². The molecule has 0 N–H and O–H groups in total. The second-order valence-corrected chi connectivity index (χ2v) is 8.67. The second kappa shape index (κ2) is 10.2. The van der Waals surface area contributed by atoms with E-state index in [2.05, 4.69) is 15.1 Å². The van der Waals surface area contributed by atoms with Crippen LogP contribution in [0.4, 0.5) is 14.5 Å². The van der Waals surface area contributed by atoms with Gasteiger partial charge in [-0.15, -0.1) is 10.2 Å². The lowest BCUT2D eigenvalue weighted by atomic mass is 10.2. The summed E-state index contributed by atoms with van der Waals surface area (Å²) in [6.45, 7) is 4.38. The van der Waals surface area contributed by atoms with Crippen LogP contribution in [0, 0.1) is 11.6 Å². The summed E-state index contributed by atoms with van der Waals surface area (Å²) in [4.78, 5) is 16.7. The first-order valence-electron chi connectivity index (χ1n) is 10.6. The molecule has 1 fully saturated rings. The van der Waals surface area contributed by atoms with Gasteiger partial charge in [-0.3, -0.25) is 4.79 Å². The van der Waals surface area contributed by atoms with Crippen LogP contribution in [0.25, 0.3) is 0 Å². The SMILES string of the molecule is CC(Oc1ccccc1F)c1nnc(SCC(=O)N2CCN(c3ccc(F)cc3)CC2)n1C. The zero-order valence-electron chi connectivity index (χ0n) is 18.4. The third kappa shape index (κ3) is 5.44. The van der Waals surface area contributed by atoms with Gasteiger partial charge in [-0.25, -0.2) is 8.78 Å². The highest BCUT2D eigenvalue weighted by molar-refractivity contribution is 7.99. The molecule has 174 valence electrons. The highest BCUT2D eigenvalue weighted by Crippen LogP contribution is 2.25. The molecule has 1 amide bonds. The zero-order chi connectivity index (χ0) is 23.4. The molecular weight excluding hydrogens is 448 g/mol. The highest BCUT2D eigenvalue weighted by Gasteiger charge is 2.23. The van der Waals surface area contributed by atoms with Crippen LogP contribution < -0.4 is 9.64 Å². The Morgan fingerprint density at radius 1 is 1.06 bits per heavy atom. The number of nitrogens with zero attached hydrogens (tertiary/aromatic N) is 5. The number of halogens is 2. The van der Waals surface area contributed by atoms with E-state index in [0.29, 0.717) is 37.2 Å². The van der Waals surface area contributed by atoms with Gasteiger partial charge in [0.25, 0.3) is 0 Å². The quantitative estimate of drug-likeness (QED) is 0.488. The minimum absolute atomic E-state index is 0.0268. The number of rotatable bonds is 7. The van der Waals surface area contributed by atoms with Gasteiger partial charge in [0.2, 0.25) is 5.91 Å². The molecule has 1 aromatic heterocycles. The molecule has 0 spiro atoms. The van der Waals surface area contributed by atoms with E-state index < -0.39 is 11.9 Å². The molecule has 1 unspecified atom stereocenters. The normalized spacial score (nSPS) is 14.9. The van der Waals surface area contributed by atoms with Gasteiger partial charge in [0.1, 0.15) is 5.82 Å². The lowest BCUT2D eigenvalue weighted by Gasteiger charge is -2.36. The van der Waals surface area contributed by atoms with Crippen LogP contribution >= 0.6 is 11.8 Å². The van der Waals surface area contributed by atoms with Crippen LogP contribution in [0.3, 0.4) is 0 Å². The molecule has 1 aliphatic rings. The molecule has 0 radical (unpaired) electrons. The molecule has 0 aliphatic carbocycles. The van der Waals surface area contributed by atoms with Crippen LogP contribution in [-0.4, -0.2) is 57.5 Å². The maximum atomic E-state index is 13.9. The Morgan fingerprint density at radius 3 is 2.45 bits per heavy atom. The molecule has 0 saturated carbocycles. The zero-order valence-corrected chi connectivity index (χ0v) is 19.3. The summed E-state index contributed by atoms with van der Waals surface area (Å²) in [5.41, 5.74) is 0.955. The number of ether oxygens (including phenoxy) is 1. The van der Waals surface area contributed by atoms with Gasteiger partial charge in [-0.1, -0.05) is 23.9 Å². The van der Waals surface area contributed by atoms with Crippen molar-refractivity contribution in [2.75, 3.05) is 36.8 Å². The van der Waals surface area contributed by atoms with E-state index in [0.717, 1.165) is 5.69 Å². The first-order chi connectivity index (χ1) is 15.9. The molecule has 10 heteroatoms. The van der Waals surface area contributed by atoms with E-state index in [1.54, 1.807) is 48.9 Å². The number of para-hydroxylation sites is 1. The van der Waals surface area contributed by atoms with Gasteiger partial charge in [-0.05, 0) is 43.3 Å². The van der Waals surface area contributed by atoms with Crippen molar-refractivity contribution in [2.24, 2.45) is 7.05 Å². The van der Waals surface area contributed by atoms with E-state index in [1.807, 2.05) is 4.90 Å². The largest absolute Gasteiger partial charge is 0.480 e. The van der Waals surface area contributed by atoms with E-state index in [9.17, 15) is 13.6 Å². The Bertz CT molecular complexity index is 1100. The minimum atomic E-state index is -0.510. The third-order valence-corrected chi connectivity index (χ3v) is 6.53. The van der Waals surface area contributed by atoms with Crippen molar-refractivity contribution in [2.45, 2.75) is 18.2 Å². The minimum Gasteiger partial charge on any atom is -0.480 e. The summed E-state index contributed by atoms with van der Waals surface area (Å²) in [6.07, 6.45) is -0.510. The number of carbonyl (C=O) groups is 1. The van der Waals surface area contributed by atoms with Crippen molar-refractivity contribution in [1.82, 2.24) is 19.7 Å². The number of anilines is 1. The van der Waals surface area contributed by atoms with Gasteiger partial charge in [-0.2, -0.15) is 0 Å². The topological polar surface area (TPSA) is 63.5 Å². The highest BCUT2D eigenvalue weighted by atomic mass is 32.2. The van der Waals surface area contributed by atoms with Gasteiger partial charge in [0.05, 0.1) is 5.75 Å². The van der Waals surface area contributed by atoms with Gasteiger partial charge in [0, 0.05) is 38.9 Å².